The molecule has 0 unspecified atom stereocenters. The summed E-state index contributed by atoms with van der Waals surface area (Å²) < 4.78 is 102. The molecule has 0 saturated heterocycles. The summed E-state index contributed by atoms with van der Waals surface area (Å²) in [6.45, 7) is 1.30. The number of hydrogen-bond acceptors (Lipinski definition) is 5. The zero-order valence-corrected chi connectivity index (χ0v) is 19.5. The molecule has 2 aromatic carbocycles. The number of fused-ring (bicyclic) bond motifs is 3. The van der Waals surface area contributed by atoms with Crippen molar-refractivity contribution >= 4 is 33.4 Å². The molecule has 1 heterocycles. The van der Waals surface area contributed by atoms with E-state index in [1.807, 2.05) is 0 Å². The third-order valence-corrected chi connectivity index (χ3v) is 9.98. The number of benzene rings is 2. The molecule has 1 aliphatic heterocycles. The highest BCUT2D eigenvalue weighted by Crippen LogP contribution is 2.58. The van der Waals surface area contributed by atoms with E-state index < -0.39 is 72.9 Å². The van der Waals surface area contributed by atoms with Crippen LogP contribution in [-0.4, -0.2) is 26.6 Å². The summed E-state index contributed by atoms with van der Waals surface area (Å²) >= 11 is 5.49. The Morgan fingerprint density at radius 1 is 1.12 bits per heavy atom. The number of halogens is 6. The minimum absolute atomic E-state index is 0.0110. The van der Waals surface area contributed by atoms with Gasteiger partial charge in [0.2, 0.25) is 0 Å². The molecule has 2 aromatic rings. The van der Waals surface area contributed by atoms with Gasteiger partial charge in [0, 0.05) is 28.9 Å². The Kier molecular flexibility index (Phi) is 6.39. The van der Waals surface area contributed by atoms with E-state index in [1.165, 1.54) is 24.3 Å². The molecule has 4 atom stereocenters. The molecule has 4 nitrogen and oxygen atoms in total. The normalized spacial score (nSPS) is 27.4. The van der Waals surface area contributed by atoms with Gasteiger partial charge in [-0.2, -0.15) is 13.2 Å². The Morgan fingerprint density at radius 2 is 1.76 bits per heavy atom. The van der Waals surface area contributed by atoms with E-state index in [9.17, 15) is 26.0 Å². The maximum absolute atomic E-state index is 15.2. The fourth-order valence-electron chi connectivity index (χ4n) is 4.96. The lowest BCUT2D eigenvalue weighted by Crippen LogP contribution is -2.58. The molecule has 1 fully saturated rings. The van der Waals surface area contributed by atoms with Gasteiger partial charge in [0.1, 0.15) is 10.6 Å². The maximum Gasteiger partial charge on any atom is 0.456 e. The van der Waals surface area contributed by atoms with E-state index in [1.54, 1.807) is 6.92 Å². The van der Waals surface area contributed by atoms with Gasteiger partial charge < -0.3 is 4.74 Å². The number of alkyl halides is 3. The predicted octanol–water partition coefficient (Wildman–Crippen LogP) is 5.85. The van der Waals surface area contributed by atoms with Crippen molar-refractivity contribution < 1.29 is 35.1 Å². The average Bonchev–Trinajstić information content (AvgIpc) is 2.75. The lowest BCUT2D eigenvalue weighted by Gasteiger charge is -2.52. The second kappa shape index (κ2) is 8.58. The van der Waals surface area contributed by atoms with E-state index in [-0.39, 0.29) is 29.4 Å². The third-order valence-electron chi connectivity index (χ3n) is 6.51. The van der Waals surface area contributed by atoms with Gasteiger partial charge in [-0.25, -0.2) is 17.2 Å². The van der Waals surface area contributed by atoms with Crippen LogP contribution in [-0.2, 0) is 14.6 Å². The summed E-state index contributed by atoms with van der Waals surface area (Å²) in [6, 6.07) is 6.28. The Hall–Kier alpha value is -1.56. The first-order valence-electron chi connectivity index (χ1n) is 10.00. The van der Waals surface area contributed by atoms with Crippen LogP contribution in [0.1, 0.15) is 25.3 Å². The van der Waals surface area contributed by atoms with E-state index in [0.717, 1.165) is 12.1 Å². The summed E-state index contributed by atoms with van der Waals surface area (Å²) in [5.41, 5.74) is -4.95. The van der Waals surface area contributed by atoms with Crippen LogP contribution in [0.2, 0.25) is 5.02 Å². The Balaban J connectivity index is 1.88. The van der Waals surface area contributed by atoms with Crippen molar-refractivity contribution in [3.05, 3.63) is 58.6 Å². The summed E-state index contributed by atoms with van der Waals surface area (Å²) in [5.74, 6) is -3.95. The van der Waals surface area contributed by atoms with Gasteiger partial charge in [0.25, 0.3) is 0 Å². The van der Waals surface area contributed by atoms with Gasteiger partial charge in [0.05, 0.1) is 17.1 Å². The second-order valence-corrected chi connectivity index (χ2v) is 11.7. The van der Waals surface area contributed by atoms with Crippen LogP contribution in [0.3, 0.4) is 0 Å². The molecular weight excluding hydrogens is 509 g/mol. The predicted molar refractivity (Wildman–Crippen MR) is 115 cm³/mol. The van der Waals surface area contributed by atoms with Gasteiger partial charge >= 0.3 is 5.51 Å². The summed E-state index contributed by atoms with van der Waals surface area (Å²) in [5, 5.41) is 0.290. The van der Waals surface area contributed by atoms with E-state index in [0.29, 0.717) is 0 Å². The van der Waals surface area contributed by atoms with Gasteiger partial charge in [-0.3, -0.25) is 4.72 Å². The number of rotatable bonds is 4. The molecule has 0 radical (unpaired) electrons. The molecule has 4 rings (SSSR count). The molecule has 0 bridgehead atoms. The smallest absolute Gasteiger partial charge is 0.456 e. The first-order chi connectivity index (χ1) is 15.4. The highest BCUT2D eigenvalue weighted by atomic mass is 35.5. The quantitative estimate of drug-likeness (QED) is 0.399. The van der Waals surface area contributed by atoms with E-state index in [4.69, 9.17) is 16.3 Å². The molecule has 1 saturated carbocycles. The van der Waals surface area contributed by atoms with Gasteiger partial charge in [-0.05, 0) is 55.2 Å². The SMILES string of the molecule is C[C@@H]1[C@H](NSC(F)(F)F)CC[C@@]2(S(=O)(=O)c3ccc(Cl)cc3)c3c(F)ccc(F)c3OC[C@@H]12. The minimum atomic E-state index is -4.53. The van der Waals surface area contributed by atoms with Crippen LogP contribution in [0.4, 0.5) is 22.0 Å². The van der Waals surface area contributed by atoms with E-state index >= 15 is 4.39 Å². The Morgan fingerprint density at radius 3 is 2.39 bits per heavy atom. The fraction of sp³-hybridized carbons (Fsp3) is 0.429. The highest BCUT2D eigenvalue weighted by Gasteiger charge is 2.62. The van der Waals surface area contributed by atoms with Crippen LogP contribution >= 0.6 is 23.5 Å². The van der Waals surface area contributed by atoms with Crippen molar-refractivity contribution in [3.8, 4) is 5.75 Å². The van der Waals surface area contributed by atoms with Gasteiger partial charge in [-0.1, -0.05) is 18.5 Å². The van der Waals surface area contributed by atoms with Crippen LogP contribution in [0.25, 0.3) is 0 Å². The third kappa shape index (κ3) is 4.11. The molecule has 1 aliphatic carbocycles. The molecule has 0 aromatic heterocycles. The van der Waals surface area contributed by atoms with Gasteiger partial charge in [0.15, 0.2) is 21.4 Å². The molecule has 0 amide bonds. The molecule has 2 aliphatic rings. The van der Waals surface area contributed by atoms with Crippen molar-refractivity contribution in [1.29, 1.82) is 0 Å². The number of ether oxygens (including phenoxy) is 1. The number of hydrogen-bond donors (Lipinski definition) is 1. The maximum atomic E-state index is 15.2. The summed E-state index contributed by atoms with van der Waals surface area (Å²) in [4.78, 5) is -0.142. The number of nitrogens with one attached hydrogen (secondary N) is 1. The Bertz CT molecular complexity index is 1160. The fourth-order valence-corrected chi connectivity index (χ4v) is 8.15. The van der Waals surface area contributed by atoms with Crippen molar-refractivity contribution in [2.24, 2.45) is 11.8 Å². The minimum Gasteiger partial charge on any atom is -0.490 e. The molecule has 180 valence electrons. The molecule has 1 N–H and O–H groups in total. The van der Waals surface area contributed by atoms with Crippen LogP contribution in [0.5, 0.6) is 5.75 Å². The Labute approximate surface area is 196 Å². The topological polar surface area (TPSA) is 55.4 Å². The zero-order chi connectivity index (χ0) is 24.2. The standard InChI is InChI=1S/C21H19ClF5NO3S2/c1-11-14-10-31-19-16(24)7-6-15(23)18(19)20(14,9-8-17(11)28-32-21(25,26)27)33(29,30)13-4-2-12(22)3-5-13/h2-7,11,14,17,28H,8-10H2,1H3/t11-,14-,17+,20-/m0/s1. The lowest BCUT2D eigenvalue weighted by atomic mass is 9.66. The lowest BCUT2D eigenvalue weighted by molar-refractivity contribution is -0.0343. The molecule has 33 heavy (non-hydrogen) atoms. The van der Waals surface area contributed by atoms with Crippen molar-refractivity contribution in [2.45, 2.75) is 41.0 Å². The van der Waals surface area contributed by atoms with Crippen LogP contribution < -0.4 is 9.46 Å². The first-order valence-corrected chi connectivity index (χ1v) is 12.7. The molecular formula is C21H19ClF5NO3S2. The zero-order valence-electron chi connectivity index (χ0n) is 17.1. The highest BCUT2D eigenvalue weighted by molar-refractivity contribution is 7.98. The first kappa shape index (κ1) is 24.6. The molecule has 0 spiro atoms. The van der Waals surface area contributed by atoms with Crippen molar-refractivity contribution in [3.63, 3.8) is 0 Å². The summed E-state index contributed by atoms with van der Waals surface area (Å²) in [6.07, 6.45) is -0.233. The number of sulfone groups is 1. The van der Waals surface area contributed by atoms with Gasteiger partial charge in [-0.15, -0.1) is 0 Å². The van der Waals surface area contributed by atoms with E-state index in [2.05, 4.69) is 4.72 Å². The summed E-state index contributed by atoms with van der Waals surface area (Å²) in [7, 11) is -4.35. The van der Waals surface area contributed by atoms with Crippen molar-refractivity contribution in [1.82, 2.24) is 4.72 Å². The van der Waals surface area contributed by atoms with Crippen LogP contribution in [0, 0.1) is 23.5 Å². The molecule has 12 heteroatoms. The van der Waals surface area contributed by atoms with Crippen molar-refractivity contribution in [2.75, 3.05) is 6.61 Å². The second-order valence-electron chi connectivity index (χ2n) is 8.17. The monoisotopic (exact) mass is 527 g/mol. The van der Waals surface area contributed by atoms with Crippen LogP contribution in [0.15, 0.2) is 41.3 Å². The average molecular weight is 528 g/mol. The largest absolute Gasteiger partial charge is 0.490 e.